The van der Waals surface area contributed by atoms with Crippen LogP contribution in [-0.2, 0) is 7.05 Å². The van der Waals surface area contributed by atoms with E-state index in [-0.39, 0.29) is 0 Å². The van der Waals surface area contributed by atoms with Gasteiger partial charge in [-0.05, 0) is 24.5 Å². The Hall–Kier alpha value is -1.55. The van der Waals surface area contributed by atoms with E-state index in [4.69, 9.17) is 0 Å². The van der Waals surface area contributed by atoms with Gasteiger partial charge in [-0.25, -0.2) is 0 Å². The lowest BCUT2D eigenvalue weighted by Gasteiger charge is -1.98. The first-order chi connectivity index (χ1) is 7.74. The van der Waals surface area contributed by atoms with E-state index in [0.717, 1.165) is 17.5 Å². The van der Waals surface area contributed by atoms with Gasteiger partial charge >= 0.3 is 0 Å². The lowest BCUT2D eigenvalue weighted by molar-refractivity contribution is 0.111. The van der Waals surface area contributed by atoms with Gasteiger partial charge in [0, 0.05) is 17.5 Å². The second kappa shape index (κ2) is 4.53. The fourth-order valence-electron chi connectivity index (χ4n) is 1.49. The molecule has 2 aromatic rings. The van der Waals surface area contributed by atoms with Crippen molar-refractivity contribution in [2.45, 2.75) is 4.90 Å². The van der Waals surface area contributed by atoms with Gasteiger partial charge < -0.3 is 0 Å². The number of rotatable bonds is 3. The second-order valence-corrected chi connectivity index (χ2v) is 4.30. The molecule has 0 bridgehead atoms. The normalized spacial score (nSPS) is 10.4. The summed E-state index contributed by atoms with van der Waals surface area (Å²) in [5.41, 5.74) is 2.45. The van der Waals surface area contributed by atoms with E-state index in [1.165, 1.54) is 4.90 Å². The summed E-state index contributed by atoms with van der Waals surface area (Å²) in [5.74, 6) is 0. The molecule has 0 saturated carbocycles. The number of hydrogen-bond acceptors (Lipinski definition) is 3. The molecule has 82 valence electrons. The minimum Gasteiger partial charge on any atom is -0.296 e. The molecule has 0 fully saturated rings. The van der Waals surface area contributed by atoms with E-state index >= 15 is 0 Å². The number of nitrogens with zero attached hydrogens (tertiary/aromatic N) is 2. The fourth-order valence-corrected chi connectivity index (χ4v) is 1.90. The van der Waals surface area contributed by atoms with Crippen LogP contribution in [0.5, 0.6) is 0 Å². The van der Waals surface area contributed by atoms with E-state index in [0.29, 0.717) is 5.69 Å². The number of aldehydes is 1. The predicted molar refractivity (Wildman–Crippen MR) is 65.8 cm³/mol. The number of carbonyl (C=O) groups excluding carboxylic acids is 1. The molecule has 0 N–H and O–H groups in total. The van der Waals surface area contributed by atoms with Crippen molar-refractivity contribution in [3.63, 3.8) is 0 Å². The molecule has 16 heavy (non-hydrogen) atoms. The third-order valence-electron chi connectivity index (χ3n) is 2.42. The van der Waals surface area contributed by atoms with Gasteiger partial charge in [-0.2, -0.15) is 5.10 Å². The van der Waals surface area contributed by atoms with Crippen molar-refractivity contribution in [3.8, 4) is 11.3 Å². The summed E-state index contributed by atoms with van der Waals surface area (Å²) in [5, 5.41) is 4.29. The highest BCUT2D eigenvalue weighted by Crippen LogP contribution is 2.22. The van der Waals surface area contributed by atoms with Crippen LogP contribution < -0.4 is 0 Å². The minimum atomic E-state index is 0.587. The quantitative estimate of drug-likeness (QED) is 0.602. The maximum absolute atomic E-state index is 10.7. The van der Waals surface area contributed by atoms with Gasteiger partial charge in [0.25, 0.3) is 0 Å². The van der Waals surface area contributed by atoms with Crippen LogP contribution in [0.25, 0.3) is 11.3 Å². The Bertz CT molecular complexity index is 502. The number of benzene rings is 1. The SMILES string of the molecule is CSc1ccc(-c2cc(C=O)n(C)n2)cc1. The number of aromatic nitrogens is 2. The zero-order valence-electron chi connectivity index (χ0n) is 9.18. The van der Waals surface area contributed by atoms with E-state index in [9.17, 15) is 4.79 Å². The Morgan fingerprint density at radius 2 is 2.00 bits per heavy atom. The van der Waals surface area contributed by atoms with Crippen LogP contribution >= 0.6 is 11.8 Å². The third kappa shape index (κ3) is 2.02. The number of hydrogen-bond donors (Lipinski definition) is 0. The standard InChI is InChI=1S/C12H12N2OS/c1-14-10(8-15)7-12(13-14)9-3-5-11(16-2)6-4-9/h3-8H,1-2H3. The maximum Gasteiger partial charge on any atom is 0.168 e. The Morgan fingerprint density at radius 3 is 2.50 bits per heavy atom. The highest BCUT2D eigenvalue weighted by Gasteiger charge is 2.05. The number of aryl methyl sites for hydroxylation is 1. The topological polar surface area (TPSA) is 34.9 Å². The zero-order valence-corrected chi connectivity index (χ0v) is 9.99. The van der Waals surface area contributed by atoms with E-state index in [2.05, 4.69) is 17.2 Å². The Morgan fingerprint density at radius 1 is 1.31 bits per heavy atom. The smallest absolute Gasteiger partial charge is 0.168 e. The third-order valence-corrected chi connectivity index (χ3v) is 3.17. The maximum atomic E-state index is 10.7. The molecule has 3 nitrogen and oxygen atoms in total. The van der Waals surface area contributed by atoms with Crippen LogP contribution in [0.15, 0.2) is 35.2 Å². The van der Waals surface area contributed by atoms with E-state index in [1.54, 1.807) is 29.6 Å². The lowest BCUT2D eigenvalue weighted by atomic mass is 10.1. The van der Waals surface area contributed by atoms with Gasteiger partial charge in [0.15, 0.2) is 6.29 Å². The number of thioether (sulfide) groups is 1. The molecule has 1 aromatic carbocycles. The molecule has 1 heterocycles. The van der Waals surface area contributed by atoms with Gasteiger partial charge in [-0.3, -0.25) is 9.48 Å². The Balaban J connectivity index is 2.38. The van der Waals surface area contributed by atoms with Crippen LogP contribution in [-0.4, -0.2) is 22.3 Å². The fraction of sp³-hybridized carbons (Fsp3) is 0.167. The highest BCUT2D eigenvalue weighted by molar-refractivity contribution is 7.98. The Labute approximate surface area is 98.5 Å². The summed E-state index contributed by atoms with van der Waals surface area (Å²) in [4.78, 5) is 11.9. The van der Waals surface area contributed by atoms with Gasteiger partial charge in [0.05, 0.1) is 5.69 Å². The van der Waals surface area contributed by atoms with Gasteiger partial charge in [0.1, 0.15) is 5.69 Å². The summed E-state index contributed by atoms with van der Waals surface area (Å²) in [7, 11) is 1.77. The minimum absolute atomic E-state index is 0.587. The Kier molecular flexibility index (Phi) is 3.10. The molecular weight excluding hydrogens is 220 g/mol. The zero-order chi connectivity index (χ0) is 11.5. The van der Waals surface area contributed by atoms with Crippen molar-refractivity contribution in [2.75, 3.05) is 6.26 Å². The van der Waals surface area contributed by atoms with Crippen molar-refractivity contribution < 1.29 is 4.79 Å². The summed E-state index contributed by atoms with van der Waals surface area (Å²) in [6.07, 6.45) is 2.85. The van der Waals surface area contributed by atoms with Crippen LogP contribution in [0.4, 0.5) is 0 Å². The highest BCUT2D eigenvalue weighted by atomic mass is 32.2. The van der Waals surface area contributed by atoms with Crippen molar-refractivity contribution in [1.29, 1.82) is 0 Å². The lowest BCUT2D eigenvalue weighted by Crippen LogP contribution is -1.95. The van der Waals surface area contributed by atoms with Crippen LogP contribution in [0.1, 0.15) is 10.5 Å². The molecule has 0 aliphatic heterocycles. The molecular formula is C12H12N2OS. The van der Waals surface area contributed by atoms with Gasteiger partial charge in [0.2, 0.25) is 0 Å². The first kappa shape index (κ1) is 11.0. The summed E-state index contributed by atoms with van der Waals surface area (Å²) < 4.78 is 1.59. The molecule has 0 unspecified atom stereocenters. The van der Waals surface area contributed by atoms with Crippen molar-refractivity contribution in [2.24, 2.45) is 7.05 Å². The molecule has 0 aliphatic rings. The first-order valence-electron chi connectivity index (χ1n) is 4.88. The van der Waals surface area contributed by atoms with Gasteiger partial charge in [-0.1, -0.05) is 12.1 Å². The largest absolute Gasteiger partial charge is 0.296 e. The van der Waals surface area contributed by atoms with Gasteiger partial charge in [-0.15, -0.1) is 11.8 Å². The summed E-state index contributed by atoms with van der Waals surface area (Å²) in [6.45, 7) is 0. The molecule has 0 aliphatic carbocycles. The first-order valence-corrected chi connectivity index (χ1v) is 6.10. The molecule has 0 radical (unpaired) electrons. The molecule has 4 heteroatoms. The summed E-state index contributed by atoms with van der Waals surface area (Å²) >= 11 is 1.70. The molecule has 0 amide bonds. The molecule has 1 aromatic heterocycles. The molecule has 0 saturated heterocycles. The predicted octanol–water partition coefficient (Wildman–Crippen LogP) is 2.62. The molecule has 0 spiro atoms. The average molecular weight is 232 g/mol. The van der Waals surface area contributed by atoms with E-state index in [1.807, 2.05) is 18.4 Å². The van der Waals surface area contributed by atoms with E-state index < -0.39 is 0 Å². The number of carbonyl (C=O) groups is 1. The van der Waals surface area contributed by atoms with Crippen molar-refractivity contribution >= 4 is 18.0 Å². The van der Waals surface area contributed by atoms with Crippen molar-refractivity contribution in [1.82, 2.24) is 9.78 Å². The molecule has 0 atom stereocenters. The van der Waals surface area contributed by atoms with Crippen LogP contribution in [0.2, 0.25) is 0 Å². The summed E-state index contributed by atoms with van der Waals surface area (Å²) in [6, 6.07) is 9.93. The molecule has 2 rings (SSSR count). The second-order valence-electron chi connectivity index (χ2n) is 3.42. The van der Waals surface area contributed by atoms with Crippen LogP contribution in [0.3, 0.4) is 0 Å². The van der Waals surface area contributed by atoms with Crippen LogP contribution in [0, 0.1) is 0 Å². The van der Waals surface area contributed by atoms with Crippen molar-refractivity contribution in [3.05, 3.63) is 36.0 Å². The monoisotopic (exact) mass is 232 g/mol. The average Bonchev–Trinajstić information content (AvgIpc) is 2.71.